The number of anilines is 1. The van der Waals surface area contributed by atoms with Crippen LogP contribution >= 0.6 is 0 Å². The Labute approximate surface area is 171 Å². The number of ether oxygens (including phenoxy) is 4. The third-order valence-electron chi connectivity index (χ3n) is 3.94. The first-order valence-electron chi connectivity index (χ1n) is 9.08. The number of esters is 1. The molecule has 0 heterocycles. The Morgan fingerprint density at radius 1 is 1.07 bits per heavy atom. The molecule has 0 fully saturated rings. The summed E-state index contributed by atoms with van der Waals surface area (Å²) in [6, 6.07) is 4.01. The number of nitrogens with zero attached hydrogens (tertiary/aromatic N) is 1. The normalized spacial score (nSPS) is 11.8. The van der Waals surface area contributed by atoms with Crippen molar-refractivity contribution in [1.29, 1.82) is 0 Å². The molecule has 0 radical (unpaired) electrons. The number of rotatable bonds is 8. The van der Waals surface area contributed by atoms with Crippen LogP contribution in [0.2, 0.25) is 0 Å². The van der Waals surface area contributed by atoms with Crippen LogP contribution < -0.4 is 19.7 Å². The second-order valence-corrected chi connectivity index (χ2v) is 7.25. The van der Waals surface area contributed by atoms with E-state index in [-0.39, 0.29) is 12.8 Å². The molecule has 0 aromatic heterocycles. The number of methoxy groups -OCH3 is 3. The number of hydrogen-bond donors (Lipinski definition) is 1. The van der Waals surface area contributed by atoms with Gasteiger partial charge in [-0.2, -0.15) is 0 Å². The summed E-state index contributed by atoms with van der Waals surface area (Å²) in [4.78, 5) is 38.1. The number of likely N-dealkylation sites (N-methyl/N-ethyl adjacent to an activating group) is 1. The zero-order valence-corrected chi connectivity index (χ0v) is 18.0. The molecule has 29 heavy (non-hydrogen) atoms. The Balaban J connectivity index is 3.04. The quantitative estimate of drug-likeness (QED) is 0.657. The summed E-state index contributed by atoms with van der Waals surface area (Å²) < 4.78 is 20.3. The molecule has 0 bridgehead atoms. The molecule has 162 valence electrons. The summed E-state index contributed by atoms with van der Waals surface area (Å²) in [7, 11) is 5.83. The monoisotopic (exact) mass is 410 g/mol. The molecule has 0 saturated carbocycles. The number of alkyl carbamates (subject to hydrolysis) is 1. The van der Waals surface area contributed by atoms with Crippen molar-refractivity contribution < 1.29 is 33.3 Å². The fraction of sp³-hybridized carbons (Fsp3) is 0.550. The van der Waals surface area contributed by atoms with Crippen LogP contribution in [0.15, 0.2) is 18.2 Å². The minimum atomic E-state index is -0.984. The van der Waals surface area contributed by atoms with Crippen molar-refractivity contribution in [2.75, 3.05) is 33.3 Å². The third kappa shape index (κ3) is 7.52. The van der Waals surface area contributed by atoms with Crippen LogP contribution in [0.5, 0.6) is 11.5 Å². The summed E-state index contributed by atoms with van der Waals surface area (Å²) in [5.74, 6) is 0.0663. The number of carbonyl (C=O) groups is 3. The second-order valence-electron chi connectivity index (χ2n) is 7.25. The first kappa shape index (κ1) is 24.1. The first-order chi connectivity index (χ1) is 13.5. The van der Waals surface area contributed by atoms with Crippen LogP contribution in [0.25, 0.3) is 0 Å². The van der Waals surface area contributed by atoms with Gasteiger partial charge in [-0.3, -0.25) is 9.59 Å². The molecule has 0 aliphatic heterocycles. The van der Waals surface area contributed by atoms with Gasteiger partial charge < -0.3 is 29.2 Å². The van der Waals surface area contributed by atoms with Crippen LogP contribution in [0.4, 0.5) is 10.5 Å². The van der Waals surface area contributed by atoms with Crippen molar-refractivity contribution >= 4 is 23.7 Å². The van der Waals surface area contributed by atoms with Crippen LogP contribution in [0.1, 0.15) is 33.6 Å². The standard InChI is InChI=1S/C20H30N2O7/c1-20(2,3)29-19(25)21-14(9-11-17(23)28-7)18(24)22(4)13-8-10-15(26-5)16(12-13)27-6/h8,10,12,14H,9,11H2,1-7H3,(H,21,25)/t14-/m0/s1. The third-order valence-corrected chi connectivity index (χ3v) is 3.94. The van der Waals surface area contributed by atoms with Crippen LogP contribution in [0.3, 0.4) is 0 Å². The number of nitrogens with one attached hydrogen (secondary N) is 1. The van der Waals surface area contributed by atoms with E-state index in [2.05, 4.69) is 10.1 Å². The Hall–Kier alpha value is -2.97. The number of hydrogen-bond acceptors (Lipinski definition) is 7. The minimum Gasteiger partial charge on any atom is -0.493 e. The molecule has 9 heteroatoms. The predicted molar refractivity (Wildman–Crippen MR) is 107 cm³/mol. The Morgan fingerprint density at radius 2 is 1.69 bits per heavy atom. The number of amides is 2. The highest BCUT2D eigenvalue weighted by Crippen LogP contribution is 2.31. The van der Waals surface area contributed by atoms with Crippen molar-refractivity contribution in [3.05, 3.63) is 18.2 Å². The molecule has 0 spiro atoms. The van der Waals surface area contributed by atoms with E-state index in [1.54, 1.807) is 46.0 Å². The van der Waals surface area contributed by atoms with E-state index in [1.807, 2.05) is 0 Å². The molecule has 0 aliphatic carbocycles. The van der Waals surface area contributed by atoms with Gasteiger partial charge in [0.1, 0.15) is 11.6 Å². The largest absolute Gasteiger partial charge is 0.493 e. The number of benzene rings is 1. The first-order valence-corrected chi connectivity index (χ1v) is 9.08. The van der Waals surface area contributed by atoms with Crippen molar-refractivity contribution in [3.8, 4) is 11.5 Å². The van der Waals surface area contributed by atoms with Crippen LogP contribution in [-0.2, 0) is 19.1 Å². The Kier molecular flexibility index (Phi) is 8.75. The molecular weight excluding hydrogens is 380 g/mol. The lowest BCUT2D eigenvalue weighted by atomic mass is 10.1. The molecule has 1 atom stereocenters. The molecule has 1 rings (SSSR count). The summed E-state index contributed by atoms with van der Waals surface area (Å²) in [6.45, 7) is 5.15. The van der Waals surface area contributed by atoms with Gasteiger partial charge in [-0.15, -0.1) is 0 Å². The van der Waals surface area contributed by atoms with Gasteiger partial charge in [-0.1, -0.05) is 0 Å². The van der Waals surface area contributed by atoms with Gasteiger partial charge in [0.15, 0.2) is 11.5 Å². The summed E-state index contributed by atoms with van der Waals surface area (Å²) >= 11 is 0. The second kappa shape index (κ2) is 10.5. The highest BCUT2D eigenvalue weighted by molar-refractivity contribution is 5.98. The molecular formula is C20H30N2O7. The van der Waals surface area contributed by atoms with E-state index in [1.165, 1.54) is 26.2 Å². The maximum Gasteiger partial charge on any atom is 0.408 e. The molecule has 1 N–H and O–H groups in total. The zero-order chi connectivity index (χ0) is 22.2. The smallest absolute Gasteiger partial charge is 0.408 e. The number of carbonyl (C=O) groups excluding carboxylic acids is 3. The molecule has 9 nitrogen and oxygen atoms in total. The topological polar surface area (TPSA) is 103 Å². The average molecular weight is 410 g/mol. The van der Waals surface area contributed by atoms with Crippen molar-refractivity contribution in [3.63, 3.8) is 0 Å². The average Bonchev–Trinajstić information content (AvgIpc) is 2.67. The Morgan fingerprint density at radius 3 is 2.21 bits per heavy atom. The van der Waals surface area contributed by atoms with Crippen LogP contribution in [-0.4, -0.2) is 58.0 Å². The van der Waals surface area contributed by atoms with Crippen LogP contribution in [0, 0.1) is 0 Å². The fourth-order valence-corrected chi connectivity index (χ4v) is 2.47. The lowest BCUT2D eigenvalue weighted by molar-refractivity contribution is -0.140. The van der Waals surface area contributed by atoms with Gasteiger partial charge in [0.2, 0.25) is 5.91 Å². The highest BCUT2D eigenvalue weighted by Gasteiger charge is 2.28. The van der Waals surface area contributed by atoms with Crippen molar-refractivity contribution in [1.82, 2.24) is 5.32 Å². The van der Waals surface area contributed by atoms with Gasteiger partial charge in [0, 0.05) is 25.2 Å². The van der Waals surface area contributed by atoms with Gasteiger partial charge in [0.25, 0.3) is 0 Å². The van der Waals surface area contributed by atoms with E-state index in [4.69, 9.17) is 14.2 Å². The van der Waals surface area contributed by atoms with E-state index in [0.717, 1.165) is 0 Å². The van der Waals surface area contributed by atoms with Gasteiger partial charge >= 0.3 is 12.1 Å². The molecule has 1 aromatic carbocycles. The van der Waals surface area contributed by atoms with Gasteiger partial charge in [-0.05, 0) is 39.3 Å². The van der Waals surface area contributed by atoms with E-state index in [0.29, 0.717) is 17.2 Å². The summed E-state index contributed by atoms with van der Waals surface area (Å²) in [6.07, 6.45) is -0.730. The maximum atomic E-state index is 13.0. The SMILES string of the molecule is COC(=O)CC[C@H](NC(=O)OC(C)(C)C)C(=O)N(C)c1ccc(OC)c(OC)c1. The molecule has 0 saturated heterocycles. The minimum absolute atomic E-state index is 0.0392. The summed E-state index contributed by atoms with van der Waals surface area (Å²) in [5, 5.41) is 2.54. The molecule has 0 unspecified atom stereocenters. The predicted octanol–water partition coefficient (Wildman–Crippen LogP) is 2.51. The highest BCUT2D eigenvalue weighted by atomic mass is 16.6. The van der Waals surface area contributed by atoms with Crippen molar-refractivity contribution in [2.45, 2.75) is 45.3 Å². The lowest BCUT2D eigenvalue weighted by Crippen LogP contribution is -2.49. The van der Waals surface area contributed by atoms with Crippen molar-refractivity contribution in [2.24, 2.45) is 0 Å². The van der Waals surface area contributed by atoms with E-state index < -0.39 is 29.6 Å². The lowest BCUT2D eigenvalue weighted by Gasteiger charge is -2.26. The Bertz CT molecular complexity index is 728. The summed E-state index contributed by atoms with van der Waals surface area (Å²) in [5.41, 5.74) is -0.198. The zero-order valence-electron chi connectivity index (χ0n) is 18.0. The molecule has 1 aromatic rings. The maximum absolute atomic E-state index is 13.0. The van der Waals surface area contributed by atoms with Gasteiger partial charge in [-0.25, -0.2) is 4.79 Å². The van der Waals surface area contributed by atoms with E-state index >= 15 is 0 Å². The molecule has 2 amide bonds. The fourth-order valence-electron chi connectivity index (χ4n) is 2.47. The molecule has 0 aliphatic rings. The van der Waals surface area contributed by atoms with E-state index in [9.17, 15) is 14.4 Å². The van der Waals surface area contributed by atoms with Gasteiger partial charge in [0.05, 0.1) is 21.3 Å².